The van der Waals surface area contributed by atoms with Gasteiger partial charge in [-0.05, 0) is 48.0 Å². The number of nitrogens with one attached hydrogen (secondary N) is 1. The summed E-state index contributed by atoms with van der Waals surface area (Å²) in [7, 11) is 0. The number of hydrogen-bond acceptors (Lipinski definition) is 2. The van der Waals surface area contributed by atoms with Crippen molar-refractivity contribution >= 4 is 0 Å². The van der Waals surface area contributed by atoms with E-state index in [2.05, 4.69) is 65.3 Å². The zero-order valence-corrected chi connectivity index (χ0v) is 13.6. The lowest BCUT2D eigenvalue weighted by Gasteiger charge is -2.42. The highest BCUT2D eigenvalue weighted by Crippen LogP contribution is 2.20. The smallest absolute Gasteiger partial charge is 0.0229 e. The van der Waals surface area contributed by atoms with Crippen LogP contribution in [0.25, 0.3) is 0 Å². The molecule has 0 spiro atoms. The van der Waals surface area contributed by atoms with Crippen molar-refractivity contribution in [2.75, 3.05) is 13.1 Å². The number of rotatable bonds is 7. The minimum Gasteiger partial charge on any atom is -0.311 e. The van der Waals surface area contributed by atoms with Crippen LogP contribution >= 0.6 is 0 Å². The average molecular weight is 254 g/mol. The van der Waals surface area contributed by atoms with E-state index in [1.165, 1.54) is 12.8 Å². The summed E-state index contributed by atoms with van der Waals surface area (Å²) in [5.74, 6) is 0. The molecule has 0 fully saturated rings. The Hall–Kier alpha value is -0.340. The van der Waals surface area contributed by atoms with E-state index in [-0.39, 0.29) is 11.1 Å². The van der Waals surface area contributed by atoms with E-state index in [0.717, 1.165) is 13.1 Å². The van der Waals surface area contributed by atoms with Crippen LogP contribution in [0.1, 0.15) is 61.3 Å². The van der Waals surface area contributed by atoms with Gasteiger partial charge in [-0.15, -0.1) is 6.58 Å². The molecule has 1 N–H and O–H groups in total. The Morgan fingerprint density at radius 1 is 1.17 bits per heavy atom. The standard InChI is InChI=1S/C16H34N2/c1-9-11-14(13-17-15(3,4)5)18(12-10-2)16(6,7)8/h10,14,17H,2,9,11-13H2,1,3-8H3. The van der Waals surface area contributed by atoms with Crippen molar-refractivity contribution in [1.82, 2.24) is 10.2 Å². The molecule has 0 saturated heterocycles. The Morgan fingerprint density at radius 3 is 2.06 bits per heavy atom. The van der Waals surface area contributed by atoms with Crippen molar-refractivity contribution in [2.24, 2.45) is 0 Å². The fraction of sp³-hybridized carbons (Fsp3) is 0.875. The van der Waals surface area contributed by atoms with E-state index >= 15 is 0 Å². The van der Waals surface area contributed by atoms with Gasteiger partial charge in [0.2, 0.25) is 0 Å². The van der Waals surface area contributed by atoms with E-state index in [9.17, 15) is 0 Å². The molecule has 2 nitrogen and oxygen atoms in total. The summed E-state index contributed by atoms with van der Waals surface area (Å²) in [4.78, 5) is 2.56. The lowest BCUT2D eigenvalue weighted by Crippen LogP contribution is -2.54. The van der Waals surface area contributed by atoms with E-state index in [1.54, 1.807) is 0 Å². The lowest BCUT2D eigenvalue weighted by molar-refractivity contribution is 0.0857. The zero-order chi connectivity index (χ0) is 14.4. The highest BCUT2D eigenvalue weighted by molar-refractivity contribution is 4.90. The molecule has 0 radical (unpaired) electrons. The Balaban J connectivity index is 4.75. The molecule has 1 atom stereocenters. The second kappa shape index (κ2) is 7.30. The summed E-state index contributed by atoms with van der Waals surface area (Å²) < 4.78 is 0. The second-order valence-electron chi connectivity index (χ2n) is 7.19. The molecule has 0 aliphatic rings. The van der Waals surface area contributed by atoms with Crippen LogP contribution < -0.4 is 5.32 Å². The van der Waals surface area contributed by atoms with Crippen LogP contribution in [0.3, 0.4) is 0 Å². The molecule has 0 aromatic rings. The second-order valence-corrected chi connectivity index (χ2v) is 7.19. The Morgan fingerprint density at radius 2 is 1.72 bits per heavy atom. The highest BCUT2D eigenvalue weighted by Gasteiger charge is 2.28. The monoisotopic (exact) mass is 254 g/mol. The summed E-state index contributed by atoms with van der Waals surface area (Å²) in [6.07, 6.45) is 4.47. The van der Waals surface area contributed by atoms with Crippen LogP contribution in [-0.2, 0) is 0 Å². The molecule has 0 saturated carbocycles. The minimum atomic E-state index is 0.184. The maximum atomic E-state index is 3.90. The summed E-state index contributed by atoms with van der Waals surface area (Å²) in [5, 5.41) is 3.64. The van der Waals surface area contributed by atoms with Crippen LogP contribution in [0.5, 0.6) is 0 Å². The van der Waals surface area contributed by atoms with Crippen molar-refractivity contribution in [2.45, 2.75) is 78.4 Å². The van der Waals surface area contributed by atoms with Gasteiger partial charge in [0.15, 0.2) is 0 Å². The van der Waals surface area contributed by atoms with Crippen LogP contribution in [-0.4, -0.2) is 35.1 Å². The summed E-state index contributed by atoms with van der Waals surface area (Å²) >= 11 is 0. The SMILES string of the molecule is C=CCN(C(CCC)CNC(C)(C)C)C(C)(C)C. The lowest BCUT2D eigenvalue weighted by atomic mass is 9.99. The third-order valence-corrected chi connectivity index (χ3v) is 3.12. The first kappa shape index (κ1) is 17.7. The van der Waals surface area contributed by atoms with E-state index in [0.29, 0.717) is 6.04 Å². The molecule has 108 valence electrons. The van der Waals surface area contributed by atoms with Gasteiger partial charge in [0.1, 0.15) is 0 Å². The molecule has 0 rings (SSSR count). The van der Waals surface area contributed by atoms with Crippen molar-refractivity contribution in [1.29, 1.82) is 0 Å². The van der Waals surface area contributed by atoms with Gasteiger partial charge in [-0.25, -0.2) is 0 Å². The number of hydrogen-bond donors (Lipinski definition) is 1. The van der Waals surface area contributed by atoms with Gasteiger partial charge in [-0.3, -0.25) is 4.90 Å². The predicted octanol–water partition coefficient (Wildman–Crippen LogP) is 3.83. The van der Waals surface area contributed by atoms with Crippen molar-refractivity contribution in [3.05, 3.63) is 12.7 Å². The third kappa shape index (κ3) is 7.17. The molecule has 0 aliphatic heterocycles. The first-order valence-electron chi connectivity index (χ1n) is 7.24. The van der Waals surface area contributed by atoms with Gasteiger partial charge >= 0.3 is 0 Å². The quantitative estimate of drug-likeness (QED) is 0.695. The van der Waals surface area contributed by atoms with Crippen LogP contribution in [0.4, 0.5) is 0 Å². The van der Waals surface area contributed by atoms with Gasteiger partial charge in [0, 0.05) is 30.2 Å². The average Bonchev–Trinajstić information content (AvgIpc) is 2.18. The zero-order valence-electron chi connectivity index (χ0n) is 13.6. The molecule has 0 bridgehead atoms. The summed E-state index contributed by atoms with van der Waals surface area (Å²) in [5.41, 5.74) is 0.372. The first-order chi connectivity index (χ1) is 8.11. The summed E-state index contributed by atoms with van der Waals surface area (Å²) in [6, 6.07) is 0.576. The van der Waals surface area contributed by atoms with Crippen molar-refractivity contribution in [3.63, 3.8) is 0 Å². The van der Waals surface area contributed by atoms with Gasteiger partial charge in [-0.2, -0.15) is 0 Å². The van der Waals surface area contributed by atoms with E-state index < -0.39 is 0 Å². The molecule has 1 unspecified atom stereocenters. The molecule has 0 aromatic heterocycles. The molecule has 18 heavy (non-hydrogen) atoms. The molecule has 2 heteroatoms. The summed E-state index contributed by atoms with van der Waals surface area (Å²) in [6.45, 7) is 21.7. The van der Waals surface area contributed by atoms with Crippen LogP contribution in [0, 0.1) is 0 Å². The third-order valence-electron chi connectivity index (χ3n) is 3.12. The molecular formula is C16H34N2. The fourth-order valence-electron chi connectivity index (χ4n) is 2.24. The van der Waals surface area contributed by atoms with Gasteiger partial charge < -0.3 is 5.32 Å². The van der Waals surface area contributed by atoms with Crippen LogP contribution in [0.15, 0.2) is 12.7 Å². The van der Waals surface area contributed by atoms with E-state index in [4.69, 9.17) is 0 Å². The predicted molar refractivity (Wildman–Crippen MR) is 83.1 cm³/mol. The fourth-order valence-corrected chi connectivity index (χ4v) is 2.24. The Labute approximate surface area is 115 Å². The molecule has 0 aliphatic carbocycles. The first-order valence-corrected chi connectivity index (χ1v) is 7.24. The van der Waals surface area contributed by atoms with Gasteiger partial charge in [-0.1, -0.05) is 19.4 Å². The minimum absolute atomic E-state index is 0.184. The molecule has 0 aromatic carbocycles. The van der Waals surface area contributed by atoms with Crippen LogP contribution in [0.2, 0.25) is 0 Å². The largest absolute Gasteiger partial charge is 0.311 e. The van der Waals surface area contributed by atoms with Gasteiger partial charge in [0.05, 0.1) is 0 Å². The number of nitrogens with zero attached hydrogens (tertiary/aromatic N) is 1. The Bertz CT molecular complexity index is 232. The Kier molecular flexibility index (Phi) is 7.16. The molecule has 0 amide bonds. The van der Waals surface area contributed by atoms with E-state index in [1.807, 2.05) is 6.08 Å². The molecular weight excluding hydrogens is 220 g/mol. The van der Waals surface area contributed by atoms with Gasteiger partial charge in [0.25, 0.3) is 0 Å². The van der Waals surface area contributed by atoms with Crippen molar-refractivity contribution < 1.29 is 0 Å². The maximum absolute atomic E-state index is 3.90. The maximum Gasteiger partial charge on any atom is 0.0229 e. The topological polar surface area (TPSA) is 15.3 Å². The normalized spacial score (nSPS) is 14.9. The highest BCUT2D eigenvalue weighted by atomic mass is 15.2. The van der Waals surface area contributed by atoms with Crippen molar-refractivity contribution in [3.8, 4) is 0 Å². The molecule has 0 heterocycles.